The number of benzene rings is 3. The van der Waals surface area contributed by atoms with Gasteiger partial charge in [-0.3, -0.25) is 4.79 Å². The fraction of sp³-hybridized carbons (Fsp3) is 0.172. The third-order valence-electron chi connectivity index (χ3n) is 6.10. The number of anilines is 1. The van der Waals surface area contributed by atoms with E-state index in [9.17, 15) is 4.79 Å². The molecule has 0 saturated carbocycles. The van der Waals surface area contributed by atoms with Crippen molar-refractivity contribution in [3.05, 3.63) is 106 Å². The second kappa shape index (κ2) is 12.3. The molecule has 0 radical (unpaired) electrons. The zero-order valence-electron chi connectivity index (χ0n) is 19.8. The lowest BCUT2D eigenvalue weighted by molar-refractivity contribution is 0.102. The molecular formula is C29H23ClI2N2O2S. The number of carbonyl (C=O) groups is 1. The standard InChI is InChI=1S/C29H23ClI2N2O2S/c30-23-12-6-4-8-18(23)17-36-27-19(14-20(31)15-24(27)32)16-33-29-26(22-11-5-7-13-25(22)37-29)28(35)34-21-9-2-1-3-10-21/h1-4,6,8-10,12,14-16H,5,7,11,13,17H2,(H,34,35). The number of fused-ring (bicyclic) bond motifs is 1. The van der Waals surface area contributed by atoms with Crippen LogP contribution in [0.15, 0.2) is 71.7 Å². The Morgan fingerprint density at radius 1 is 1.05 bits per heavy atom. The van der Waals surface area contributed by atoms with E-state index < -0.39 is 0 Å². The van der Waals surface area contributed by atoms with Crippen LogP contribution in [0, 0.1) is 7.14 Å². The van der Waals surface area contributed by atoms with Crippen molar-refractivity contribution in [2.75, 3.05) is 5.32 Å². The van der Waals surface area contributed by atoms with Gasteiger partial charge in [0.05, 0.1) is 9.13 Å². The van der Waals surface area contributed by atoms with Gasteiger partial charge in [0, 0.05) is 36.5 Å². The van der Waals surface area contributed by atoms with Crippen LogP contribution in [0.1, 0.15) is 44.8 Å². The smallest absolute Gasteiger partial charge is 0.259 e. The Balaban J connectivity index is 1.48. The zero-order chi connectivity index (χ0) is 25.8. The summed E-state index contributed by atoms with van der Waals surface area (Å²) in [6, 6.07) is 21.4. The van der Waals surface area contributed by atoms with E-state index in [0.717, 1.165) is 66.0 Å². The van der Waals surface area contributed by atoms with E-state index in [1.807, 2.05) is 66.9 Å². The van der Waals surface area contributed by atoms with Crippen molar-refractivity contribution in [2.45, 2.75) is 32.3 Å². The van der Waals surface area contributed by atoms with Gasteiger partial charge in [-0.15, -0.1) is 11.3 Å². The van der Waals surface area contributed by atoms with Gasteiger partial charge in [-0.05, 0) is 107 Å². The molecule has 5 rings (SSSR count). The van der Waals surface area contributed by atoms with Crippen LogP contribution >= 0.6 is 68.1 Å². The molecule has 0 unspecified atom stereocenters. The average Bonchev–Trinajstić information content (AvgIpc) is 3.27. The van der Waals surface area contributed by atoms with E-state index in [-0.39, 0.29) is 5.91 Å². The summed E-state index contributed by atoms with van der Waals surface area (Å²) in [5.74, 6) is 0.645. The molecule has 1 amide bonds. The summed E-state index contributed by atoms with van der Waals surface area (Å²) in [7, 11) is 0. The van der Waals surface area contributed by atoms with Crippen molar-refractivity contribution >= 4 is 90.9 Å². The first-order chi connectivity index (χ1) is 18.0. The van der Waals surface area contributed by atoms with Crippen LogP contribution in [0.5, 0.6) is 5.75 Å². The molecule has 0 fully saturated rings. The van der Waals surface area contributed by atoms with Crippen LogP contribution < -0.4 is 10.1 Å². The van der Waals surface area contributed by atoms with Gasteiger partial charge in [-0.25, -0.2) is 4.99 Å². The maximum absolute atomic E-state index is 13.4. The maximum atomic E-state index is 13.4. The molecular weight excluding hydrogens is 730 g/mol. The van der Waals surface area contributed by atoms with E-state index >= 15 is 0 Å². The predicted molar refractivity (Wildman–Crippen MR) is 170 cm³/mol. The summed E-state index contributed by atoms with van der Waals surface area (Å²) in [6.07, 6.45) is 5.96. The molecule has 1 N–H and O–H groups in total. The van der Waals surface area contributed by atoms with Gasteiger partial charge < -0.3 is 10.1 Å². The van der Waals surface area contributed by atoms with E-state index in [1.54, 1.807) is 11.3 Å². The number of aryl methyl sites for hydroxylation is 1. The second-order valence-electron chi connectivity index (χ2n) is 8.66. The third-order valence-corrected chi connectivity index (χ3v) is 9.09. The maximum Gasteiger partial charge on any atom is 0.259 e. The van der Waals surface area contributed by atoms with Crippen LogP contribution in [0.25, 0.3) is 0 Å². The summed E-state index contributed by atoms with van der Waals surface area (Å²) in [5.41, 5.74) is 4.40. The Morgan fingerprint density at radius 2 is 1.81 bits per heavy atom. The number of ether oxygens (including phenoxy) is 1. The number of hydrogen-bond acceptors (Lipinski definition) is 4. The number of amides is 1. The van der Waals surface area contributed by atoms with E-state index in [2.05, 4.69) is 56.6 Å². The molecule has 8 heteroatoms. The number of rotatable bonds is 7. The largest absolute Gasteiger partial charge is 0.487 e. The minimum Gasteiger partial charge on any atom is -0.487 e. The van der Waals surface area contributed by atoms with Gasteiger partial charge in [-0.1, -0.05) is 48.0 Å². The number of nitrogens with zero attached hydrogens (tertiary/aromatic N) is 1. The number of nitrogens with one attached hydrogen (secondary N) is 1. The number of carbonyl (C=O) groups excluding carboxylic acids is 1. The monoisotopic (exact) mass is 752 g/mol. The van der Waals surface area contributed by atoms with Crippen molar-refractivity contribution in [1.29, 1.82) is 0 Å². The fourth-order valence-electron chi connectivity index (χ4n) is 4.31. The highest BCUT2D eigenvalue weighted by Crippen LogP contribution is 2.40. The van der Waals surface area contributed by atoms with E-state index in [4.69, 9.17) is 21.3 Å². The molecule has 1 heterocycles. The number of thiophene rings is 1. The molecule has 1 aromatic heterocycles. The van der Waals surface area contributed by atoms with Crippen LogP contribution in [-0.2, 0) is 19.4 Å². The number of para-hydroxylation sites is 1. The molecule has 4 nitrogen and oxygen atoms in total. The third kappa shape index (κ3) is 6.38. The lowest BCUT2D eigenvalue weighted by atomic mass is 9.95. The molecule has 0 aliphatic heterocycles. The van der Waals surface area contributed by atoms with Crippen molar-refractivity contribution in [1.82, 2.24) is 0 Å². The lowest BCUT2D eigenvalue weighted by Crippen LogP contribution is -2.14. The van der Waals surface area contributed by atoms with Crippen molar-refractivity contribution in [2.24, 2.45) is 4.99 Å². The zero-order valence-corrected chi connectivity index (χ0v) is 25.7. The molecule has 0 spiro atoms. The van der Waals surface area contributed by atoms with Crippen molar-refractivity contribution in [3.8, 4) is 5.75 Å². The molecule has 0 bridgehead atoms. The number of aliphatic imine (C=N–C) groups is 1. The normalized spacial score (nSPS) is 12.9. The summed E-state index contributed by atoms with van der Waals surface area (Å²) in [4.78, 5) is 19.6. The quantitative estimate of drug-likeness (QED) is 0.151. The van der Waals surface area contributed by atoms with E-state index in [0.29, 0.717) is 17.2 Å². The van der Waals surface area contributed by atoms with Crippen LogP contribution in [-0.4, -0.2) is 12.1 Å². The number of hydrogen-bond donors (Lipinski definition) is 1. The highest BCUT2D eigenvalue weighted by Gasteiger charge is 2.25. The first kappa shape index (κ1) is 26.6. The molecule has 188 valence electrons. The first-order valence-corrected chi connectivity index (χ1v) is 15.2. The van der Waals surface area contributed by atoms with Gasteiger partial charge in [0.25, 0.3) is 5.91 Å². The molecule has 0 saturated heterocycles. The van der Waals surface area contributed by atoms with Gasteiger partial charge in [0.2, 0.25) is 0 Å². The minimum atomic E-state index is -0.106. The highest BCUT2D eigenvalue weighted by molar-refractivity contribution is 14.1. The summed E-state index contributed by atoms with van der Waals surface area (Å²) in [6.45, 7) is 0.356. The Kier molecular flexibility index (Phi) is 8.84. The second-order valence-corrected chi connectivity index (χ2v) is 12.6. The Bertz CT molecular complexity index is 1470. The SMILES string of the molecule is O=C(Nc1ccccc1)c1c(N=Cc2cc(I)cc(I)c2OCc2ccccc2Cl)sc2c1CCCC2. The first-order valence-electron chi connectivity index (χ1n) is 11.9. The van der Waals surface area contributed by atoms with Gasteiger partial charge >= 0.3 is 0 Å². The number of halogens is 3. The lowest BCUT2D eigenvalue weighted by Gasteiger charge is -2.13. The van der Waals surface area contributed by atoms with E-state index in [1.165, 1.54) is 4.88 Å². The summed E-state index contributed by atoms with van der Waals surface area (Å²) >= 11 is 12.6. The van der Waals surface area contributed by atoms with Crippen molar-refractivity contribution < 1.29 is 9.53 Å². The van der Waals surface area contributed by atoms with Crippen molar-refractivity contribution in [3.63, 3.8) is 0 Å². The van der Waals surface area contributed by atoms with Gasteiger partial charge in [-0.2, -0.15) is 0 Å². The predicted octanol–water partition coefficient (Wildman–Crippen LogP) is 9.07. The highest BCUT2D eigenvalue weighted by atomic mass is 127. The molecule has 37 heavy (non-hydrogen) atoms. The Hall–Kier alpha value is -1.95. The summed E-state index contributed by atoms with van der Waals surface area (Å²) < 4.78 is 8.33. The van der Waals surface area contributed by atoms with Gasteiger partial charge in [0.15, 0.2) is 0 Å². The van der Waals surface area contributed by atoms with Gasteiger partial charge in [0.1, 0.15) is 17.4 Å². The topological polar surface area (TPSA) is 50.7 Å². The average molecular weight is 753 g/mol. The molecule has 0 atom stereocenters. The van der Waals surface area contributed by atoms with Crippen LogP contribution in [0.4, 0.5) is 10.7 Å². The minimum absolute atomic E-state index is 0.106. The molecule has 1 aliphatic carbocycles. The van der Waals surface area contributed by atoms with Crippen LogP contribution in [0.2, 0.25) is 5.02 Å². The Labute approximate surface area is 252 Å². The summed E-state index contributed by atoms with van der Waals surface area (Å²) in [5, 5.41) is 4.48. The molecule has 1 aliphatic rings. The fourth-order valence-corrected chi connectivity index (χ4v) is 7.78. The molecule has 3 aromatic carbocycles. The van der Waals surface area contributed by atoms with Crippen LogP contribution in [0.3, 0.4) is 0 Å². The Morgan fingerprint density at radius 3 is 2.62 bits per heavy atom. The molecule has 4 aromatic rings.